The molecule has 2 aromatic heterocycles. The van der Waals surface area contributed by atoms with Crippen LogP contribution in [0.5, 0.6) is 0 Å². The Morgan fingerprint density at radius 3 is 3.06 bits per heavy atom. The van der Waals surface area contributed by atoms with Crippen molar-refractivity contribution in [3.8, 4) is 0 Å². The van der Waals surface area contributed by atoms with Crippen LogP contribution in [0.3, 0.4) is 0 Å². The van der Waals surface area contributed by atoms with Crippen LogP contribution < -0.4 is 11.3 Å². The van der Waals surface area contributed by atoms with E-state index < -0.39 is 0 Å². The zero-order valence-electron chi connectivity index (χ0n) is 10.4. The zero-order valence-corrected chi connectivity index (χ0v) is 11.2. The molecule has 0 saturated carbocycles. The number of nitrogens with one attached hydrogen (secondary N) is 1. The maximum Gasteiger partial charge on any atom is 0.193 e. The molecule has 2 rings (SSSR count). The van der Waals surface area contributed by atoms with E-state index in [2.05, 4.69) is 34.9 Å². The van der Waals surface area contributed by atoms with Gasteiger partial charge in [0.15, 0.2) is 4.96 Å². The lowest BCUT2D eigenvalue weighted by atomic mass is 9.94. The molecule has 0 amide bonds. The van der Waals surface area contributed by atoms with Crippen LogP contribution in [0.2, 0.25) is 0 Å². The molecular formula is C12H20N4S. The van der Waals surface area contributed by atoms with Gasteiger partial charge in [0, 0.05) is 30.2 Å². The lowest BCUT2D eigenvalue weighted by Crippen LogP contribution is -2.41. The molecule has 0 aliphatic rings. The highest BCUT2D eigenvalue weighted by atomic mass is 32.1. The molecule has 2 aromatic rings. The standard InChI is InChI=1S/C12H20N4S/c1-3-4-9(2)11(15-13)7-10-8-16-5-6-17-12(16)14-10/h5-6,8-9,11,15H,3-4,7,13H2,1-2H3. The molecule has 0 fully saturated rings. The Kier molecular flexibility index (Phi) is 4.15. The first-order chi connectivity index (χ1) is 8.24. The van der Waals surface area contributed by atoms with E-state index in [4.69, 9.17) is 5.84 Å². The topological polar surface area (TPSA) is 55.3 Å². The lowest BCUT2D eigenvalue weighted by molar-refractivity contribution is 0.355. The summed E-state index contributed by atoms with van der Waals surface area (Å²) in [6, 6.07) is 0.305. The van der Waals surface area contributed by atoms with Gasteiger partial charge >= 0.3 is 0 Å². The summed E-state index contributed by atoms with van der Waals surface area (Å²) in [6.07, 6.45) is 7.41. The number of hydrogen-bond acceptors (Lipinski definition) is 4. The van der Waals surface area contributed by atoms with Gasteiger partial charge in [0.05, 0.1) is 5.69 Å². The van der Waals surface area contributed by atoms with Gasteiger partial charge < -0.3 is 0 Å². The number of fused-ring (bicyclic) bond motifs is 1. The fraction of sp³-hybridized carbons (Fsp3) is 0.583. The normalized spacial score (nSPS) is 15.2. The van der Waals surface area contributed by atoms with Crippen LogP contribution in [-0.4, -0.2) is 15.4 Å². The maximum atomic E-state index is 5.64. The zero-order chi connectivity index (χ0) is 12.3. The van der Waals surface area contributed by atoms with E-state index in [1.807, 2.05) is 11.6 Å². The smallest absolute Gasteiger partial charge is 0.193 e. The van der Waals surface area contributed by atoms with Crippen molar-refractivity contribution in [2.45, 2.75) is 39.2 Å². The largest absolute Gasteiger partial charge is 0.297 e. The van der Waals surface area contributed by atoms with Crippen LogP contribution in [0.15, 0.2) is 17.8 Å². The molecule has 2 atom stereocenters. The van der Waals surface area contributed by atoms with E-state index in [9.17, 15) is 0 Å². The monoisotopic (exact) mass is 252 g/mol. The van der Waals surface area contributed by atoms with Gasteiger partial charge in [-0.3, -0.25) is 15.7 Å². The molecule has 2 heterocycles. The first kappa shape index (κ1) is 12.5. The minimum Gasteiger partial charge on any atom is -0.297 e. The second-order valence-corrected chi connectivity index (χ2v) is 5.44. The fourth-order valence-corrected chi connectivity index (χ4v) is 2.90. The molecule has 0 aromatic carbocycles. The predicted octanol–water partition coefficient (Wildman–Crippen LogP) is 2.21. The third kappa shape index (κ3) is 2.86. The minimum atomic E-state index is 0.305. The van der Waals surface area contributed by atoms with E-state index in [-0.39, 0.29) is 0 Å². The quantitative estimate of drug-likeness (QED) is 0.612. The number of thiazole rings is 1. The summed E-state index contributed by atoms with van der Waals surface area (Å²) in [5.41, 5.74) is 4.04. The molecular weight excluding hydrogens is 232 g/mol. The SMILES string of the molecule is CCCC(C)C(Cc1cn2ccsc2n1)NN. The summed E-state index contributed by atoms with van der Waals surface area (Å²) in [7, 11) is 0. The van der Waals surface area contributed by atoms with Gasteiger partial charge in [-0.2, -0.15) is 0 Å². The van der Waals surface area contributed by atoms with E-state index in [0.29, 0.717) is 12.0 Å². The summed E-state index contributed by atoms with van der Waals surface area (Å²) in [4.78, 5) is 5.64. The summed E-state index contributed by atoms with van der Waals surface area (Å²) >= 11 is 1.66. The van der Waals surface area contributed by atoms with Gasteiger partial charge in [-0.1, -0.05) is 20.3 Å². The van der Waals surface area contributed by atoms with Crippen LogP contribution >= 0.6 is 11.3 Å². The molecule has 0 saturated heterocycles. The third-order valence-corrected chi connectivity index (χ3v) is 3.99. The Bertz CT molecular complexity index is 433. The lowest BCUT2D eigenvalue weighted by Gasteiger charge is -2.21. The highest BCUT2D eigenvalue weighted by Gasteiger charge is 2.17. The van der Waals surface area contributed by atoms with Crippen molar-refractivity contribution < 1.29 is 0 Å². The number of hydrazine groups is 1. The third-order valence-electron chi connectivity index (χ3n) is 3.22. The Labute approximate surface area is 106 Å². The van der Waals surface area contributed by atoms with Gasteiger partial charge in [-0.15, -0.1) is 11.3 Å². The van der Waals surface area contributed by atoms with E-state index in [1.54, 1.807) is 11.3 Å². The molecule has 3 N–H and O–H groups in total. The Hall–Kier alpha value is -0.910. The second kappa shape index (κ2) is 5.62. The van der Waals surface area contributed by atoms with E-state index >= 15 is 0 Å². The van der Waals surface area contributed by atoms with Crippen molar-refractivity contribution in [2.75, 3.05) is 0 Å². The molecule has 0 bridgehead atoms. The van der Waals surface area contributed by atoms with Crippen LogP contribution in [0.1, 0.15) is 32.4 Å². The van der Waals surface area contributed by atoms with Crippen molar-refractivity contribution in [3.05, 3.63) is 23.5 Å². The van der Waals surface area contributed by atoms with E-state index in [1.165, 1.54) is 12.8 Å². The van der Waals surface area contributed by atoms with Crippen molar-refractivity contribution in [1.82, 2.24) is 14.8 Å². The fourth-order valence-electron chi connectivity index (χ4n) is 2.18. The van der Waals surface area contributed by atoms with Crippen LogP contribution in [0.4, 0.5) is 0 Å². The van der Waals surface area contributed by atoms with Crippen molar-refractivity contribution >= 4 is 16.3 Å². The Morgan fingerprint density at radius 2 is 2.41 bits per heavy atom. The number of nitrogens with two attached hydrogens (primary N) is 1. The van der Waals surface area contributed by atoms with Gasteiger partial charge in [-0.05, 0) is 12.3 Å². The molecule has 0 spiro atoms. The first-order valence-electron chi connectivity index (χ1n) is 6.11. The summed E-state index contributed by atoms with van der Waals surface area (Å²) < 4.78 is 2.07. The van der Waals surface area contributed by atoms with Gasteiger partial charge in [0.1, 0.15) is 0 Å². The summed E-state index contributed by atoms with van der Waals surface area (Å²) in [6.45, 7) is 4.45. The minimum absolute atomic E-state index is 0.305. The average Bonchev–Trinajstić information content (AvgIpc) is 2.86. The van der Waals surface area contributed by atoms with Crippen LogP contribution in [0, 0.1) is 5.92 Å². The first-order valence-corrected chi connectivity index (χ1v) is 6.99. The maximum absolute atomic E-state index is 5.64. The number of hydrogen-bond donors (Lipinski definition) is 2. The highest BCUT2D eigenvalue weighted by Crippen LogP contribution is 2.17. The number of aromatic nitrogens is 2. The molecule has 0 aliphatic heterocycles. The average molecular weight is 252 g/mol. The van der Waals surface area contributed by atoms with Crippen molar-refractivity contribution in [3.63, 3.8) is 0 Å². The van der Waals surface area contributed by atoms with Crippen LogP contribution in [-0.2, 0) is 6.42 Å². The van der Waals surface area contributed by atoms with Gasteiger partial charge in [-0.25, -0.2) is 4.98 Å². The second-order valence-electron chi connectivity index (χ2n) is 4.57. The van der Waals surface area contributed by atoms with Crippen LogP contribution in [0.25, 0.3) is 4.96 Å². The molecule has 2 unspecified atom stereocenters. The number of rotatable bonds is 6. The molecule has 0 aliphatic carbocycles. The van der Waals surface area contributed by atoms with Gasteiger partial charge in [0.25, 0.3) is 0 Å². The number of imidazole rings is 1. The summed E-state index contributed by atoms with van der Waals surface area (Å²) in [5.74, 6) is 6.21. The molecule has 5 heteroatoms. The Balaban J connectivity index is 2.05. The molecule has 94 valence electrons. The van der Waals surface area contributed by atoms with Crippen molar-refractivity contribution in [1.29, 1.82) is 0 Å². The molecule has 0 radical (unpaired) electrons. The summed E-state index contributed by atoms with van der Waals surface area (Å²) in [5, 5.41) is 2.05. The van der Waals surface area contributed by atoms with Gasteiger partial charge in [0.2, 0.25) is 0 Å². The van der Waals surface area contributed by atoms with E-state index in [0.717, 1.165) is 17.1 Å². The number of nitrogens with zero attached hydrogens (tertiary/aromatic N) is 2. The predicted molar refractivity (Wildman–Crippen MR) is 72.0 cm³/mol. The Morgan fingerprint density at radius 1 is 1.59 bits per heavy atom. The van der Waals surface area contributed by atoms with Crippen molar-refractivity contribution in [2.24, 2.45) is 11.8 Å². The molecule has 4 nitrogen and oxygen atoms in total. The highest BCUT2D eigenvalue weighted by molar-refractivity contribution is 7.15. The molecule has 17 heavy (non-hydrogen) atoms.